The molecule has 0 saturated carbocycles. The molecule has 0 aromatic rings. The van der Waals surface area contributed by atoms with Gasteiger partial charge in [0.05, 0.1) is 0 Å². The largest absolute Gasteiger partial charge is 0.461 e. The number of unbranched alkanes of at least 4 members (excludes halogenated alkanes) is 2. The lowest BCUT2D eigenvalue weighted by atomic mass is 10.2. The predicted octanol–water partition coefficient (Wildman–Crippen LogP) is 2.81. The van der Waals surface area contributed by atoms with Crippen molar-refractivity contribution in [3.63, 3.8) is 0 Å². The number of aliphatic imine (C=N–C) groups is 1. The lowest BCUT2D eigenvalue weighted by Crippen LogP contribution is -2.34. The van der Waals surface area contributed by atoms with Gasteiger partial charge in [0.15, 0.2) is 0 Å². The summed E-state index contributed by atoms with van der Waals surface area (Å²) < 4.78 is 5.16. The van der Waals surface area contributed by atoms with Crippen molar-refractivity contribution in [1.29, 1.82) is 0 Å². The van der Waals surface area contributed by atoms with Gasteiger partial charge in [-0.25, -0.2) is 4.79 Å². The topological polar surface area (TPSA) is 41.9 Å². The number of carbonyl (C=O) groups excluding carboxylic acids is 1. The van der Waals surface area contributed by atoms with Gasteiger partial charge in [0.25, 0.3) is 0 Å². The molecule has 0 radical (unpaired) electrons. The molecule has 108 valence electrons. The van der Waals surface area contributed by atoms with Crippen molar-refractivity contribution in [3.05, 3.63) is 24.4 Å². The van der Waals surface area contributed by atoms with Gasteiger partial charge in [-0.15, -0.1) is 0 Å². The Hall–Kier alpha value is -1.42. The van der Waals surface area contributed by atoms with Crippen LogP contribution in [0.1, 0.15) is 33.1 Å². The summed E-state index contributed by atoms with van der Waals surface area (Å²) in [6.45, 7) is 8.99. The Labute approximate surface area is 116 Å². The number of hydrogen-bond acceptors (Lipinski definition) is 4. The van der Waals surface area contributed by atoms with Crippen LogP contribution in [-0.2, 0) is 9.53 Å². The Bertz CT molecular complexity index is 311. The second-order valence-corrected chi connectivity index (χ2v) is 4.55. The minimum absolute atomic E-state index is 0.236. The molecule has 0 aliphatic rings. The van der Waals surface area contributed by atoms with Crippen molar-refractivity contribution in [3.8, 4) is 0 Å². The summed E-state index contributed by atoms with van der Waals surface area (Å²) in [6.07, 6.45) is 9.75. The van der Waals surface area contributed by atoms with E-state index in [9.17, 15) is 4.79 Å². The molecule has 0 saturated heterocycles. The summed E-state index contributed by atoms with van der Waals surface area (Å²) in [5.74, 6) is -0.331. The SMILES string of the molecule is C=N/C=C\C=C\C(=O)OCC(C)N(C)CCCCC. The number of likely N-dealkylation sites (N-methyl/N-ethyl adjacent to an activating group) is 1. The third-order valence-corrected chi connectivity index (χ3v) is 2.87. The molecule has 0 aliphatic carbocycles. The fourth-order valence-electron chi connectivity index (χ4n) is 1.45. The third kappa shape index (κ3) is 10.2. The van der Waals surface area contributed by atoms with Crippen LogP contribution in [0.3, 0.4) is 0 Å². The highest BCUT2D eigenvalue weighted by molar-refractivity contribution is 5.82. The molecule has 0 aromatic heterocycles. The van der Waals surface area contributed by atoms with Gasteiger partial charge in [0.1, 0.15) is 6.61 Å². The van der Waals surface area contributed by atoms with E-state index in [0.717, 1.165) is 6.54 Å². The molecule has 0 heterocycles. The minimum atomic E-state index is -0.331. The highest BCUT2D eigenvalue weighted by Crippen LogP contribution is 2.02. The van der Waals surface area contributed by atoms with Gasteiger partial charge in [0.2, 0.25) is 0 Å². The van der Waals surface area contributed by atoms with E-state index < -0.39 is 0 Å². The molecule has 0 aromatic carbocycles. The van der Waals surface area contributed by atoms with E-state index >= 15 is 0 Å². The minimum Gasteiger partial charge on any atom is -0.461 e. The van der Waals surface area contributed by atoms with E-state index in [0.29, 0.717) is 6.61 Å². The first-order valence-corrected chi connectivity index (χ1v) is 6.77. The van der Waals surface area contributed by atoms with Crippen LogP contribution in [0, 0.1) is 0 Å². The molecule has 0 spiro atoms. The summed E-state index contributed by atoms with van der Waals surface area (Å²) in [6, 6.07) is 0.236. The van der Waals surface area contributed by atoms with E-state index in [4.69, 9.17) is 4.74 Å². The van der Waals surface area contributed by atoms with Crippen LogP contribution in [0.4, 0.5) is 0 Å². The van der Waals surface area contributed by atoms with Crippen molar-refractivity contribution in [2.75, 3.05) is 20.2 Å². The predicted molar refractivity (Wildman–Crippen MR) is 80.4 cm³/mol. The molecule has 0 amide bonds. The average Bonchev–Trinajstić information content (AvgIpc) is 2.41. The number of hydrogen-bond donors (Lipinski definition) is 0. The summed E-state index contributed by atoms with van der Waals surface area (Å²) in [5.41, 5.74) is 0. The van der Waals surface area contributed by atoms with Gasteiger partial charge < -0.3 is 9.64 Å². The van der Waals surface area contributed by atoms with Crippen LogP contribution in [0.2, 0.25) is 0 Å². The Kier molecular flexibility index (Phi) is 10.8. The molecule has 0 bridgehead atoms. The second kappa shape index (κ2) is 11.7. The van der Waals surface area contributed by atoms with Crippen LogP contribution in [0.15, 0.2) is 29.4 Å². The summed E-state index contributed by atoms with van der Waals surface area (Å²) in [4.78, 5) is 17.1. The van der Waals surface area contributed by atoms with Crippen LogP contribution in [0.25, 0.3) is 0 Å². The van der Waals surface area contributed by atoms with Gasteiger partial charge in [-0.3, -0.25) is 4.99 Å². The summed E-state index contributed by atoms with van der Waals surface area (Å²) >= 11 is 0. The number of rotatable bonds is 10. The Morgan fingerprint density at radius 2 is 2.16 bits per heavy atom. The van der Waals surface area contributed by atoms with Crippen LogP contribution >= 0.6 is 0 Å². The maximum absolute atomic E-state index is 11.4. The normalized spacial score (nSPS) is 13.3. The Balaban J connectivity index is 3.84. The van der Waals surface area contributed by atoms with E-state index in [1.54, 1.807) is 12.2 Å². The molecule has 4 nitrogen and oxygen atoms in total. The first kappa shape index (κ1) is 17.6. The van der Waals surface area contributed by atoms with Crippen molar-refractivity contribution < 1.29 is 9.53 Å². The fraction of sp³-hybridized carbons (Fsp3) is 0.600. The zero-order chi connectivity index (χ0) is 14.5. The lowest BCUT2D eigenvalue weighted by Gasteiger charge is -2.23. The van der Waals surface area contributed by atoms with Gasteiger partial charge >= 0.3 is 5.97 Å². The van der Waals surface area contributed by atoms with Crippen LogP contribution in [-0.4, -0.2) is 43.8 Å². The lowest BCUT2D eigenvalue weighted by molar-refractivity contribution is -0.139. The molecule has 1 atom stereocenters. The number of esters is 1. The first-order valence-electron chi connectivity index (χ1n) is 6.77. The van der Waals surface area contributed by atoms with E-state index in [2.05, 4.69) is 37.5 Å². The standard InChI is InChI=1S/C15H26N2O2/c1-5-6-9-12-17(4)14(2)13-19-15(18)10-7-8-11-16-3/h7-8,10-11,14H,3,5-6,9,12-13H2,1-2,4H3/b10-7+,11-8-. The molecular weight excluding hydrogens is 240 g/mol. The van der Waals surface area contributed by atoms with Crippen molar-refractivity contribution in [1.82, 2.24) is 4.90 Å². The van der Waals surface area contributed by atoms with Gasteiger partial charge in [-0.05, 0) is 39.7 Å². The quantitative estimate of drug-likeness (QED) is 0.201. The van der Waals surface area contributed by atoms with Crippen molar-refractivity contribution in [2.45, 2.75) is 39.2 Å². The van der Waals surface area contributed by atoms with Gasteiger partial charge in [0, 0.05) is 18.3 Å². The molecule has 4 heteroatoms. The van der Waals surface area contributed by atoms with E-state index in [1.165, 1.54) is 31.5 Å². The Morgan fingerprint density at radius 3 is 2.79 bits per heavy atom. The van der Waals surface area contributed by atoms with Crippen LogP contribution in [0.5, 0.6) is 0 Å². The van der Waals surface area contributed by atoms with Crippen molar-refractivity contribution in [2.24, 2.45) is 4.99 Å². The highest BCUT2D eigenvalue weighted by Gasteiger charge is 2.10. The number of nitrogens with zero attached hydrogens (tertiary/aromatic N) is 2. The monoisotopic (exact) mass is 266 g/mol. The molecule has 0 aliphatic heterocycles. The van der Waals surface area contributed by atoms with Gasteiger partial charge in [-0.1, -0.05) is 25.8 Å². The van der Waals surface area contributed by atoms with Crippen LogP contribution < -0.4 is 0 Å². The van der Waals surface area contributed by atoms with E-state index in [-0.39, 0.29) is 12.0 Å². The first-order chi connectivity index (χ1) is 9.11. The summed E-state index contributed by atoms with van der Waals surface area (Å²) in [7, 11) is 2.06. The van der Waals surface area contributed by atoms with Crippen molar-refractivity contribution >= 4 is 12.7 Å². The highest BCUT2D eigenvalue weighted by atomic mass is 16.5. The molecule has 0 N–H and O–H groups in total. The zero-order valence-electron chi connectivity index (χ0n) is 12.3. The Morgan fingerprint density at radius 1 is 1.42 bits per heavy atom. The smallest absolute Gasteiger partial charge is 0.330 e. The second-order valence-electron chi connectivity index (χ2n) is 4.55. The summed E-state index contributed by atoms with van der Waals surface area (Å²) in [5, 5.41) is 0. The maximum atomic E-state index is 11.4. The molecule has 1 unspecified atom stereocenters. The number of allylic oxidation sites excluding steroid dienone is 2. The van der Waals surface area contributed by atoms with Gasteiger partial charge in [-0.2, -0.15) is 0 Å². The van der Waals surface area contributed by atoms with E-state index in [1.807, 2.05) is 0 Å². The number of ether oxygens (including phenoxy) is 1. The average molecular weight is 266 g/mol. The molecule has 19 heavy (non-hydrogen) atoms. The third-order valence-electron chi connectivity index (χ3n) is 2.87. The maximum Gasteiger partial charge on any atom is 0.330 e. The number of carbonyl (C=O) groups is 1. The molecule has 0 rings (SSSR count). The molecule has 0 fully saturated rings. The molecular formula is C15H26N2O2. The zero-order valence-corrected chi connectivity index (χ0v) is 12.3. The fourth-order valence-corrected chi connectivity index (χ4v) is 1.45.